The molecule has 0 fully saturated rings. The van der Waals surface area contributed by atoms with Crippen LogP contribution in [0.5, 0.6) is 0 Å². The lowest BCUT2D eigenvalue weighted by Crippen LogP contribution is -2.22. The molecule has 1 atom stereocenters. The number of rotatable bonds is 6. The Morgan fingerprint density at radius 3 is 2.58 bits per heavy atom. The van der Waals surface area contributed by atoms with Crippen LogP contribution in [0.2, 0.25) is 0 Å². The van der Waals surface area contributed by atoms with Gasteiger partial charge in [-0.15, -0.1) is 0 Å². The lowest BCUT2D eigenvalue weighted by atomic mass is 10.3. The molecule has 0 saturated carbocycles. The molecular weight excluding hydrogens is 324 g/mol. The molecule has 24 heavy (non-hydrogen) atoms. The van der Waals surface area contributed by atoms with Gasteiger partial charge in [-0.3, -0.25) is 14.0 Å². The molecule has 0 bridgehead atoms. The number of amides is 1. The maximum absolute atomic E-state index is 12.2. The molecule has 0 saturated heterocycles. The molecule has 3 aromatic rings. The fraction of sp³-hybridized carbons (Fsp3) is 0.111. The van der Waals surface area contributed by atoms with Crippen molar-refractivity contribution in [3.63, 3.8) is 0 Å². The van der Waals surface area contributed by atoms with Crippen LogP contribution >= 0.6 is 0 Å². The van der Waals surface area contributed by atoms with Crippen molar-refractivity contribution >= 4 is 16.7 Å². The second kappa shape index (κ2) is 7.70. The number of hydrogen-bond donors (Lipinski definition) is 1. The van der Waals surface area contributed by atoms with Gasteiger partial charge in [0.25, 0.3) is 5.91 Å². The van der Waals surface area contributed by atoms with Crippen LogP contribution in [-0.2, 0) is 23.1 Å². The van der Waals surface area contributed by atoms with E-state index in [0.717, 1.165) is 10.6 Å². The van der Waals surface area contributed by atoms with Gasteiger partial charge < -0.3 is 9.73 Å². The number of carbonyl (C=O) groups is 1. The van der Waals surface area contributed by atoms with Gasteiger partial charge >= 0.3 is 0 Å². The van der Waals surface area contributed by atoms with Crippen LogP contribution in [-0.4, -0.2) is 15.1 Å². The van der Waals surface area contributed by atoms with E-state index in [0.29, 0.717) is 12.3 Å². The smallest absolute Gasteiger partial charge is 0.287 e. The van der Waals surface area contributed by atoms with Crippen LogP contribution in [0, 0.1) is 0 Å². The first-order valence-corrected chi connectivity index (χ1v) is 8.74. The van der Waals surface area contributed by atoms with Gasteiger partial charge in [-0.25, -0.2) is 0 Å². The molecule has 3 rings (SSSR count). The van der Waals surface area contributed by atoms with Crippen molar-refractivity contribution in [3.8, 4) is 0 Å². The lowest BCUT2D eigenvalue weighted by Gasteiger charge is -2.02. The van der Waals surface area contributed by atoms with E-state index in [1.165, 1.54) is 0 Å². The van der Waals surface area contributed by atoms with Crippen molar-refractivity contribution in [2.45, 2.75) is 17.2 Å². The lowest BCUT2D eigenvalue weighted by molar-refractivity contribution is 0.0921. The Morgan fingerprint density at radius 2 is 1.83 bits per heavy atom. The van der Waals surface area contributed by atoms with E-state index in [2.05, 4.69) is 10.3 Å². The fourth-order valence-corrected chi connectivity index (χ4v) is 3.16. The van der Waals surface area contributed by atoms with Gasteiger partial charge in [0.05, 0.1) is 28.8 Å². The Labute approximate surface area is 142 Å². The second-order valence-electron chi connectivity index (χ2n) is 5.07. The summed E-state index contributed by atoms with van der Waals surface area (Å²) in [4.78, 5) is 16.9. The summed E-state index contributed by atoms with van der Waals surface area (Å²) in [7, 11) is -1.20. The van der Waals surface area contributed by atoms with Gasteiger partial charge in [-0.05, 0) is 36.4 Å². The highest BCUT2D eigenvalue weighted by Gasteiger charge is 2.13. The summed E-state index contributed by atoms with van der Waals surface area (Å²) in [6, 6.07) is 17.9. The third-order valence-electron chi connectivity index (χ3n) is 3.32. The molecule has 2 heterocycles. The first-order chi connectivity index (χ1) is 11.7. The van der Waals surface area contributed by atoms with E-state index < -0.39 is 10.8 Å². The number of carbonyl (C=O) groups excluding carboxylic acids is 1. The number of nitrogens with zero attached hydrogens (tertiary/aromatic N) is 1. The topological polar surface area (TPSA) is 72.2 Å². The highest BCUT2D eigenvalue weighted by molar-refractivity contribution is 7.84. The first-order valence-electron chi connectivity index (χ1n) is 7.42. The van der Waals surface area contributed by atoms with Crippen LogP contribution in [0.4, 0.5) is 0 Å². The van der Waals surface area contributed by atoms with Gasteiger partial charge in [0, 0.05) is 11.1 Å². The Kier molecular flexibility index (Phi) is 5.18. The molecule has 0 radical (unpaired) electrons. The summed E-state index contributed by atoms with van der Waals surface area (Å²) in [6.07, 6.45) is 1.67. The number of aromatic nitrogens is 1. The monoisotopic (exact) mass is 340 g/mol. The Bertz CT molecular complexity index is 832. The maximum atomic E-state index is 12.2. The van der Waals surface area contributed by atoms with Crippen molar-refractivity contribution < 1.29 is 13.4 Å². The Balaban J connectivity index is 1.58. The zero-order valence-corrected chi connectivity index (χ0v) is 13.7. The van der Waals surface area contributed by atoms with Gasteiger partial charge in [0.2, 0.25) is 0 Å². The molecule has 0 aliphatic carbocycles. The molecule has 2 aromatic heterocycles. The number of nitrogens with one attached hydrogen (secondary N) is 1. The minimum atomic E-state index is -1.20. The molecule has 0 spiro atoms. The highest BCUT2D eigenvalue weighted by Crippen LogP contribution is 2.15. The molecule has 0 aliphatic rings. The predicted octanol–water partition coefficient (Wildman–Crippen LogP) is 2.91. The van der Waals surface area contributed by atoms with Crippen LogP contribution in [0.1, 0.15) is 22.0 Å². The van der Waals surface area contributed by atoms with Crippen molar-refractivity contribution in [3.05, 3.63) is 84.1 Å². The van der Waals surface area contributed by atoms with E-state index in [9.17, 15) is 9.00 Å². The van der Waals surface area contributed by atoms with Crippen LogP contribution in [0.3, 0.4) is 0 Å². The average Bonchev–Trinajstić information content (AvgIpc) is 3.10. The average molecular weight is 340 g/mol. The van der Waals surface area contributed by atoms with Crippen LogP contribution < -0.4 is 5.32 Å². The molecule has 1 unspecified atom stereocenters. The van der Waals surface area contributed by atoms with Crippen molar-refractivity contribution in [1.29, 1.82) is 0 Å². The number of pyridine rings is 1. The SMILES string of the molecule is O=C(NCc1ccccn1)c1ccc(CS(=O)c2ccccc2)o1. The van der Waals surface area contributed by atoms with E-state index in [-0.39, 0.29) is 17.4 Å². The molecule has 1 N–H and O–H groups in total. The van der Waals surface area contributed by atoms with Gasteiger partial charge in [0.15, 0.2) is 5.76 Å². The molecule has 1 amide bonds. The van der Waals surface area contributed by atoms with Gasteiger partial charge in [0.1, 0.15) is 5.76 Å². The number of furan rings is 1. The normalized spacial score (nSPS) is 11.8. The molecule has 5 nitrogen and oxygen atoms in total. The van der Waals surface area contributed by atoms with E-state index >= 15 is 0 Å². The highest BCUT2D eigenvalue weighted by atomic mass is 32.2. The van der Waals surface area contributed by atoms with E-state index in [1.807, 2.05) is 36.4 Å². The summed E-state index contributed by atoms with van der Waals surface area (Å²) >= 11 is 0. The molecular formula is C18H16N2O3S. The quantitative estimate of drug-likeness (QED) is 0.749. The summed E-state index contributed by atoms with van der Waals surface area (Å²) in [5, 5.41) is 2.74. The standard InChI is InChI=1S/C18H16N2O3S/c21-18(20-12-14-6-4-5-11-19-14)17-10-9-15(23-17)13-24(22)16-7-2-1-3-8-16/h1-11H,12-13H2,(H,20,21). The third-order valence-corrected chi connectivity index (χ3v) is 4.67. The third kappa shape index (κ3) is 4.17. The minimum Gasteiger partial charge on any atom is -0.455 e. The minimum absolute atomic E-state index is 0.200. The van der Waals surface area contributed by atoms with Gasteiger partial charge in [-0.1, -0.05) is 24.3 Å². The van der Waals surface area contributed by atoms with Crippen LogP contribution in [0.15, 0.2) is 76.2 Å². The van der Waals surface area contributed by atoms with Crippen LogP contribution in [0.25, 0.3) is 0 Å². The zero-order chi connectivity index (χ0) is 16.8. The van der Waals surface area contributed by atoms with Gasteiger partial charge in [-0.2, -0.15) is 0 Å². The summed E-state index contributed by atoms with van der Waals surface area (Å²) in [5.74, 6) is 0.626. The molecule has 6 heteroatoms. The Morgan fingerprint density at radius 1 is 1.04 bits per heavy atom. The van der Waals surface area contributed by atoms with Crippen molar-refractivity contribution in [2.24, 2.45) is 0 Å². The maximum Gasteiger partial charge on any atom is 0.287 e. The predicted molar refractivity (Wildman–Crippen MR) is 90.7 cm³/mol. The largest absolute Gasteiger partial charge is 0.455 e. The van der Waals surface area contributed by atoms with Crippen molar-refractivity contribution in [1.82, 2.24) is 10.3 Å². The summed E-state index contributed by atoms with van der Waals surface area (Å²) < 4.78 is 17.7. The second-order valence-corrected chi connectivity index (χ2v) is 6.52. The number of hydrogen-bond acceptors (Lipinski definition) is 4. The Hall–Kier alpha value is -2.73. The molecule has 0 aliphatic heterocycles. The van der Waals surface area contributed by atoms with E-state index in [1.54, 1.807) is 30.5 Å². The molecule has 1 aromatic carbocycles. The number of benzene rings is 1. The zero-order valence-electron chi connectivity index (χ0n) is 12.8. The fourth-order valence-electron chi connectivity index (χ4n) is 2.12. The summed E-state index contributed by atoms with van der Waals surface area (Å²) in [6.45, 7) is 0.325. The van der Waals surface area contributed by atoms with E-state index in [4.69, 9.17) is 4.42 Å². The molecule has 122 valence electrons. The first kappa shape index (κ1) is 16.1. The summed E-state index contributed by atoms with van der Waals surface area (Å²) in [5.41, 5.74) is 0.766. The van der Waals surface area contributed by atoms with Crippen molar-refractivity contribution in [2.75, 3.05) is 0 Å².